The molecule has 1 amide bonds. The number of nitrogens with one attached hydrogen (secondary N) is 1. The average Bonchev–Trinajstić information content (AvgIpc) is 3.09. The fourth-order valence-electron chi connectivity index (χ4n) is 3.82. The molecule has 2 aromatic carbocycles. The minimum Gasteiger partial charge on any atom is -0.298 e. The lowest BCUT2D eigenvalue weighted by molar-refractivity contribution is 0.102. The third-order valence-electron chi connectivity index (χ3n) is 5.10. The van der Waals surface area contributed by atoms with Crippen molar-refractivity contribution in [3.05, 3.63) is 54.1 Å². The van der Waals surface area contributed by atoms with Crippen LogP contribution in [0.15, 0.2) is 53.4 Å². The quantitative estimate of drug-likeness (QED) is 0.674. The van der Waals surface area contributed by atoms with Gasteiger partial charge in [-0.1, -0.05) is 37.3 Å². The number of fused-ring (bicyclic) bond motifs is 1. The number of carbonyl (C=O) groups excluding carboxylic acids is 1. The first kappa shape index (κ1) is 20.0. The molecule has 1 aliphatic rings. The first-order valence-electron chi connectivity index (χ1n) is 9.60. The Hall–Kier alpha value is -2.29. The molecule has 2 atom stereocenters. The van der Waals surface area contributed by atoms with Gasteiger partial charge in [-0.2, -0.15) is 4.31 Å². The van der Waals surface area contributed by atoms with Crippen LogP contribution in [-0.2, 0) is 10.0 Å². The third kappa shape index (κ3) is 4.19. The van der Waals surface area contributed by atoms with Crippen LogP contribution >= 0.6 is 11.3 Å². The highest BCUT2D eigenvalue weighted by Crippen LogP contribution is 2.28. The number of hydrogen-bond acceptors (Lipinski definition) is 5. The van der Waals surface area contributed by atoms with Crippen molar-refractivity contribution in [3.8, 4) is 0 Å². The molecule has 1 aliphatic heterocycles. The number of rotatable bonds is 4. The number of sulfonamides is 1. The summed E-state index contributed by atoms with van der Waals surface area (Å²) < 4.78 is 28.5. The van der Waals surface area contributed by atoms with E-state index in [2.05, 4.69) is 24.1 Å². The van der Waals surface area contributed by atoms with E-state index in [4.69, 9.17) is 0 Å². The van der Waals surface area contributed by atoms with Gasteiger partial charge in [0, 0.05) is 18.7 Å². The Balaban J connectivity index is 1.50. The number of para-hydroxylation sites is 1. The van der Waals surface area contributed by atoms with Gasteiger partial charge in [-0.25, -0.2) is 13.4 Å². The van der Waals surface area contributed by atoms with Crippen molar-refractivity contribution < 1.29 is 13.2 Å². The summed E-state index contributed by atoms with van der Waals surface area (Å²) in [5.74, 6) is 0.369. The van der Waals surface area contributed by atoms with E-state index in [0.29, 0.717) is 35.6 Å². The van der Waals surface area contributed by atoms with Crippen LogP contribution in [0.5, 0.6) is 0 Å². The molecular formula is C21H23N3O3S2. The van der Waals surface area contributed by atoms with Crippen LogP contribution in [0.2, 0.25) is 0 Å². The maximum absolute atomic E-state index is 13.0. The van der Waals surface area contributed by atoms with E-state index in [9.17, 15) is 13.2 Å². The molecule has 1 saturated heterocycles. The van der Waals surface area contributed by atoms with Gasteiger partial charge in [-0.05, 0) is 54.7 Å². The first-order chi connectivity index (χ1) is 13.8. The lowest BCUT2D eigenvalue weighted by Gasteiger charge is -2.34. The van der Waals surface area contributed by atoms with E-state index < -0.39 is 10.0 Å². The fourth-order valence-corrected chi connectivity index (χ4v) is 6.36. The topological polar surface area (TPSA) is 79.4 Å². The Labute approximate surface area is 174 Å². The maximum atomic E-state index is 13.0. The van der Waals surface area contributed by atoms with Crippen molar-refractivity contribution in [2.24, 2.45) is 11.8 Å². The van der Waals surface area contributed by atoms with E-state index in [1.165, 1.54) is 23.5 Å². The summed E-state index contributed by atoms with van der Waals surface area (Å²) in [6.07, 6.45) is 1.04. The van der Waals surface area contributed by atoms with Gasteiger partial charge in [0.1, 0.15) is 0 Å². The van der Waals surface area contributed by atoms with Gasteiger partial charge in [-0.15, -0.1) is 0 Å². The van der Waals surface area contributed by atoms with Crippen molar-refractivity contribution in [1.82, 2.24) is 9.29 Å². The lowest BCUT2D eigenvalue weighted by Crippen LogP contribution is -2.42. The molecule has 4 rings (SSSR count). The van der Waals surface area contributed by atoms with Crippen LogP contribution in [0.3, 0.4) is 0 Å². The Morgan fingerprint density at radius 1 is 1.07 bits per heavy atom. The molecule has 0 spiro atoms. The summed E-state index contributed by atoms with van der Waals surface area (Å²) in [6, 6.07) is 13.8. The highest BCUT2D eigenvalue weighted by Gasteiger charge is 2.31. The van der Waals surface area contributed by atoms with E-state index in [1.807, 2.05) is 24.3 Å². The van der Waals surface area contributed by atoms with Crippen LogP contribution in [-0.4, -0.2) is 36.7 Å². The summed E-state index contributed by atoms with van der Waals surface area (Å²) >= 11 is 1.40. The van der Waals surface area contributed by atoms with E-state index >= 15 is 0 Å². The number of nitrogens with zero attached hydrogens (tertiary/aromatic N) is 2. The second-order valence-electron chi connectivity index (χ2n) is 7.73. The number of anilines is 1. The number of aromatic nitrogens is 1. The highest BCUT2D eigenvalue weighted by atomic mass is 32.2. The zero-order valence-corrected chi connectivity index (χ0v) is 18.0. The lowest BCUT2D eigenvalue weighted by atomic mass is 9.94. The first-order valence-corrected chi connectivity index (χ1v) is 11.9. The van der Waals surface area contributed by atoms with Crippen LogP contribution in [0, 0.1) is 11.8 Å². The molecule has 152 valence electrons. The highest BCUT2D eigenvalue weighted by molar-refractivity contribution is 7.89. The van der Waals surface area contributed by atoms with E-state index in [-0.39, 0.29) is 10.8 Å². The standard InChI is InChI=1S/C21H23N3O3S2/c1-14-11-15(2)13-24(12-14)29(26,27)17-9-7-16(8-10-17)20(25)23-21-22-18-5-3-4-6-19(18)28-21/h3-10,14-15H,11-13H2,1-2H3,(H,22,23,25)/t14-,15-/m0/s1. The van der Waals surface area contributed by atoms with Crippen molar-refractivity contribution in [2.75, 3.05) is 18.4 Å². The number of amides is 1. The zero-order valence-electron chi connectivity index (χ0n) is 16.3. The Morgan fingerprint density at radius 2 is 1.72 bits per heavy atom. The molecule has 0 radical (unpaired) electrons. The van der Waals surface area contributed by atoms with Crippen molar-refractivity contribution in [2.45, 2.75) is 25.2 Å². The number of carbonyl (C=O) groups is 1. The largest absolute Gasteiger partial charge is 0.298 e. The monoisotopic (exact) mass is 429 g/mol. The second kappa shape index (κ2) is 7.85. The van der Waals surface area contributed by atoms with Crippen LogP contribution in [0.1, 0.15) is 30.6 Å². The predicted molar refractivity (Wildman–Crippen MR) is 116 cm³/mol. The molecule has 0 bridgehead atoms. The molecular weight excluding hydrogens is 406 g/mol. The number of benzene rings is 2. The third-order valence-corrected chi connectivity index (χ3v) is 7.90. The van der Waals surface area contributed by atoms with Gasteiger partial charge in [0.25, 0.3) is 5.91 Å². The van der Waals surface area contributed by atoms with Gasteiger partial charge in [0.2, 0.25) is 10.0 Å². The summed E-state index contributed by atoms with van der Waals surface area (Å²) in [6.45, 7) is 5.22. The second-order valence-corrected chi connectivity index (χ2v) is 10.7. The van der Waals surface area contributed by atoms with E-state index in [1.54, 1.807) is 16.4 Å². The Morgan fingerprint density at radius 3 is 2.38 bits per heavy atom. The van der Waals surface area contributed by atoms with Crippen LogP contribution in [0.4, 0.5) is 5.13 Å². The molecule has 1 aromatic heterocycles. The molecule has 0 unspecified atom stereocenters. The summed E-state index contributed by atoms with van der Waals surface area (Å²) in [5.41, 5.74) is 1.22. The minimum atomic E-state index is -3.56. The van der Waals surface area contributed by atoms with E-state index in [0.717, 1.165) is 16.6 Å². The molecule has 29 heavy (non-hydrogen) atoms. The Bertz CT molecular complexity index is 1100. The Kier molecular flexibility index (Phi) is 5.42. The molecule has 0 saturated carbocycles. The van der Waals surface area contributed by atoms with Crippen molar-refractivity contribution in [3.63, 3.8) is 0 Å². The van der Waals surface area contributed by atoms with Gasteiger partial charge >= 0.3 is 0 Å². The van der Waals surface area contributed by atoms with Crippen molar-refractivity contribution >= 4 is 42.6 Å². The minimum absolute atomic E-state index is 0.218. The fraction of sp³-hybridized carbons (Fsp3) is 0.333. The SMILES string of the molecule is C[C@H]1C[C@H](C)CN(S(=O)(=O)c2ccc(C(=O)Nc3nc4ccccc4s3)cc2)C1. The predicted octanol–water partition coefficient (Wildman–Crippen LogP) is 4.22. The maximum Gasteiger partial charge on any atom is 0.257 e. The van der Waals surface area contributed by atoms with Gasteiger partial charge < -0.3 is 0 Å². The number of hydrogen-bond donors (Lipinski definition) is 1. The smallest absolute Gasteiger partial charge is 0.257 e. The van der Waals surface area contributed by atoms with Gasteiger partial charge in [0.05, 0.1) is 15.1 Å². The molecule has 6 nitrogen and oxygen atoms in total. The molecule has 3 aromatic rings. The summed E-state index contributed by atoms with van der Waals surface area (Å²) in [5, 5.41) is 3.31. The average molecular weight is 430 g/mol. The van der Waals surface area contributed by atoms with Crippen LogP contribution in [0.25, 0.3) is 10.2 Å². The summed E-state index contributed by atoms with van der Waals surface area (Å²) in [7, 11) is -3.56. The summed E-state index contributed by atoms with van der Waals surface area (Å²) in [4.78, 5) is 17.1. The number of piperidine rings is 1. The van der Waals surface area contributed by atoms with Gasteiger partial charge in [0.15, 0.2) is 5.13 Å². The van der Waals surface area contributed by atoms with Crippen molar-refractivity contribution in [1.29, 1.82) is 0 Å². The molecule has 1 fully saturated rings. The molecule has 0 aliphatic carbocycles. The zero-order chi connectivity index (χ0) is 20.6. The van der Waals surface area contributed by atoms with Crippen LogP contribution < -0.4 is 5.32 Å². The molecule has 2 heterocycles. The normalized spacial score (nSPS) is 20.6. The number of thiazole rings is 1. The molecule has 1 N–H and O–H groups in total. The van der Waals surface area contributed by atoms with Gasteiger partial charge in [-0.3, -0.25) is 10.1 Å². The molecule has 8 heteroatoms.